The Labute approximate surface area is 137 Å². The number of rotatable bonds is 12. The van der Waals surface area contributed by atoms with Gasteiger partial charge in [-0.25, -0.2) is 0 Å². The zero-order chi connectivity index (χ0) is 15.3. The van der Waals surface area contributed by atoms with Gasteiger partial charge in [-0.1, -0.05) is 61.0 Å². The molecular weight excluding hydrogens is 330 g/mol. The summed E-state index contributed by atoms with van der Waals surface area (Å²) < 4.78 is 6.54. The lowest BCUT2D eigenvalue weighted by Gasteiger charge is -2.13. The number of hydrogen-bond acceptors (Lipinski definition) is 3. The minimum Gasteiger partial charge on any atom is -0.389 e. The Hall–Kier alpha value is -0.580. The first-order chi connectivity index (χ1) is 10.2. The van der Waals surface area contributed by atoms with Crippen LogP contribution in [0.1, 0.15) is 45.4 Å². The quantitative estimate of drug-likeness (QED) is 0.537. The third kappa shape index (κ3) is 9.88. The van der Waals surface area contributed by atoms with Crippen molar-refractivity contribution in [2.24, 2.45) is 0 Å². The molecule has 0 heterocycles. The molecule has 1 aromatic carbocycles. The molecule has 0 spiro atoms. The van der Waals surface area contributed by atoms with E-state index < -0.39 is 6.10 Å². The average molecular weight is 358 g/mol. The van der Waals surface area contributed by atoms with Gasteiger partial charge in [-0.15, -0.1) is 0 Å². The van der Waals surface area contributed by atoms with E-state index in [9.17, 15) is 5.11 Å². The van der Waals surface area contributed by atoms with Crippen molar-refractivity contribution in [2.45, 2.75) is 51.6 Å². The van der Waals surface area contributed by atoms with E-state index in [1.807, 2.05) is 24.3 Å². The predicted octanol–water partition coefficient (Wildman–Crippen LogP) is 4.60. The number of halogens is 1. The van der Waals surface area contributed by atoms with Crippen LogP contribution in [0.15, 0.2) is 28.7 Å². The van der Waals surface area contributed by atoms with Crippen molar-refractivity contribution in [3.63, 3.8) is 0 Å². The fourth-order valence-corrected chi connectivity index (χ4v) is 2.50. The van der Waals surface area contributed by atoms with Gasteiger partial charge in [0.2, 0.25) is 0 Å². The molecule has 0 bridgehead atoms. The molecule has 2 N–H and O–H groups in total. The molecular formula is C17H28BrNO2. The maximum absolute atomic E-state index is 9.85. The van der Waals surface area contributed by atoms with E-state index in [1.54, 1.807) is 0 Å². The molecule has 0 amide bonds. The molecule has 0 radical (unpaired) electrons. The highest BCUT2D eigenvalue weighted by Crippen LogP contribution is 2.15. The first-order valence-corrected chi connectivity index (χ1v) is 8.77. The summed E-state index contributed by atoms with van der Waals surface area (Å²) in [6, 6.07) is 7.91. The normalized spacial score (nSPS) is 12.3. The summed E-state index contributed by atoms with van der Waals surface area (Å²) in [5.74, 6) is 0. The molecule has 1 rings (SSSR count). The molecule has 0 saturated heterocycles. The molecule has 1 aromatic rings. The van der Waals surface area contributed by atoms with Crippen molar-refractivity contribution in [1.82, 2.24) is 0 Å². The Morgan fingerprint density at radius 1 is 1.19 bits per heavy atom. The van der Waals surface area contributed by atoms with Crippen molar-refractivity contribution in [3.8, 4) is 0 Å². The maximum Gasteiger partial charge on any atom is 0.0945 e. The van der Waals surface area contributed by atoms with Crippen molar-refractivity contribution in [3.05, 3.63) is 28.7 Å². The minimum absolute atomic E-state index is 0.399. The number of anilines is 1. The predicted molar refractivity (Wildman–Crippen MR) is 92.8 cm³/mol. The van der Waals surface area contributed by atoms with Crippen molar-refractivity contribution < 1.29 is 9.84 Å². The summed E-state index contributed by atoms with van der Waals surface area (Å²) in [6.45, 7) is 3.88. The summed E-state index contributed by atoms with van der Waals surface area (Å²) in [7, 11) is 0. The summed E-state index contributed by atoms with van der Waals surface area (Å²) >= 11 is 3.42. The fourth-order valence-electron chi connectivity index (χ4n) is 2.10. The van der Waals surface area contributed by atoms with Crippen LogP contribution < -0.4 is 5.32 Å². The molecule has 3 nitrogen and oxygen atoms in total. The minimum atomic E-state index is -0.468. The third-order valence-electron chi connectivity index (χ3n) is 3.32. The number of benzene rings is 1. The fraction of sp³-hybridized carbons (Fsp3) is 0.647. The van der Waals surface area contributed by atoms with Gasteiger partial charge in [-0.2, -0.15) is 0 Å². The zero-order valence-electron chi connectivity index (χ0n) is 13.0. The number of aliphatic hydroxyl groups excluding tert-OH is 1. The smallest absolute Gasteiger partial charge is 0.0945 e. The first kappa shape index (κ1) is 18.5. The zero-order valence-corrected chi connectivity index (χ0v) is 14.6. The summed E-state index contributed by atoms with van der Waals surface area (Å²) in [6.07, 6.45) is 7.10. The van der Waals surface area contributed by atoms with E-state index in [0.717, 1.165) is 23.2 Å². The van der Waals surface area contributed by atoms with Gasteiger partial charge in [0, 0.05) is 23.3 Å². The van der Waals surface area contributed by atoms with Crippen LogP contribution in [-0.2, 0) is 4.74 Å². The van der Waals surface area contributed by atoms with E-state index >= 15 is 0 Å². The molecule has 1 unspecified atom stereocenters. The van der Waals surface area contributed by atoms with E-state index in [2.05, 4.69) is 28.2 Å². The van der Waals surface area contributed by atoms with Crippen molar-refractivity contribution in [2.75, 3.05) is 25.1 Å². The molecule has 0 aliphatic carbocycles. The van der Waals surface area contributed by atoms with Gasteiger partial charge in [0.05, 0.1) is 12.7 Å². The number of hydrogen-bond donors (Lipinski definition) is 2. The third-order valence-corrected chi connectivity index (χ3v) is 3.81. The maximum atomic E-state index is 9.85. The van der Waals surface area contributed by atoms with Crippen LogP contribution in [0, 0.1) is 0 Å². The molecule has 0 aromatic heterocycles. The second-order valence-corrected chi connectivity index (χ2v) is 6.30. The number of unbranched alkanes of at least 4 members (excludes halogenated alkanes) is 5. The van der Waals surface area contributed by atoms with Crippen molar-refractivity contribution >= 4 is 21.6 Å². The van der Waals surface area contributed by atoms with Gasteiger partial charge in [0.25, 0.3) is 0 Å². The number of ether oxygens (including phenoxy) is 1. The lowest BCUT2D eigenvalue weighted by Crippen LogP contribution is -2.25. The van der Waals surface area contributed by atoms with Gasteiger partial charge in [0.1, 0.15) is 0 Å². The van der Waals surface area contributed by atoms with Gasteiger partial charge in [-0.05, 0) is 24.6 Å². The number of nitrogens with one attached hydrogen (secondary N) is 1. The van der Waals surface area contributed by atoms with Crippen LogP contribution in [0.2, 0.25) is 0 Å². The molecule has 0 fully saturated rings. The van der Waals surface area contributed by atoms with E-state index in [1.165, 1.54) is 32.1 Å². The monoisotopic (exact) mass is 357 g/mol. The Bertz CT molecular complexity index is 374. The molecule has 4 heteroatoms. The highest BCUT2D eigenvalue weighted by Gasteiger charge is 2.04. The van der Waals surface area contributed by atoms with E-state index in [-0.39, 0.29) is 0 Å². The Balaban J connectivity index is 1.97. The van der Waals surface area contributed by atoms with Gasteiger partial charge in [0.15, 0.2) is 0 Å². The second kappa shape index (κ2) is 12.0. The van der Waals surface area contributed by atoms with Crippen LogP contribution in [0.5, 0.6) is 0 Å². The Kier molecular flexibility index (Phi) is 10.6. The van der Waals surface area contributed by atoms with Crippen LogP contribution in [0.4, 0.5) is 5.69 Å². The standard InChI is InChI=1S/C17H28BrNO2/c1-2-3-4-5-6-7-11-21-14-17(20)13-19-16-10-8-9-15(18)12-16/h8-10,12,17,19-20H,2-7,11,13-14H2,1H3. The van der Waals surface area contributed by atoms with Crippen LogP contribution in [0.25, 0.3) is 0 Å². The molecule has 0 aliphatic rings. The molecule has 21 heavy (non-hydrogen) atoms. The SMILES string of the molecule is CCCCCCCCOCC(O)CNc1cccc(Br)c1. The van der Waals surface area contributed by atoms with Crippen LogP contribution in [-0.4, -0.2) is 31.0 Å². The first-order valence-electron chi connectivity index (χ1n) is 7.97. The Morgan fingerprint density at radius 2 is 1.95 bits per heavy atom. The molecule has 120 valence electrons. The largest absolute Gasteiger partial charge is 0.389 e. The lowest BCUT2D eigenvalue weighted by molar-refractivity contribution is 0.0416. The lowest BCUT2D eigenvalue weighted by atomic mass is 10.1. The van der Waals surface area contributed by atoms with Gasteiger partial charge < -0.3 is 15.2 Å². The van der Waals surface area contributed by atoms with Crippen molar-refractivity contribution in [1.29, 1.82) is 0 Å². The van der Waals surface area contributed by atoms with E-state index in [0.29, 0.717) is 13.2 Å². The summed E-state index contributed by atoms with van der Waals surface area (Å²) in [4.78, 5) is 0. The van der Waals surface area contributed by atoms with Gasteiger partial charge in [-0.3, -0.25) is 0 Å². The van der Waals surface area contributed by atoms with Gasteiger partial charge >= 0.3 is 0 Å². The average Bonchev–Trinajstić information content (AvgIpc) is 2.48. The van der Waals surface area contributed by atoms with Crippen LogP contribution >= 0.6 is 15.9 Å². The summed E-state index contributed by atoms with van der Waals surface area (Å²) in [5.41, 5.74) is 0.999. The summed E-state index contributed by atoms with van der Waals surface area (Å²) in [5, 5.41) is 13.1. The highest BCUT2D eigenvalue weighted by atomic mass is 79.9. The highest BCUT2D eigenvalue weighted by molar-refractivity contribution is 9.10. The number of aliphatic hydroxyl groups is 1. The second-order valence-electron chi connectivity index (χ2n) is 5.39. The molecule has 1 atom stereocenters. The molecule has 0 saturated carbocycles. The Morgan fingerprint density at radius 3 is 2.71 bits per heavy atom. The molecule has 0 aliphatic heterocycles. The topological polar surface area (TPSA) is 41.5 Å². The van der Waals surface area contributed by atoms with Crippen LogP contribution in [0.3, 0.4) is 0 Å². The van der Waals surface area contributed by atoms with E-state index in [4.69, 9.17) is 4.74 Å².